The van der Waals surface area contributed by atoms with E-state index in [1.807, 2.05) is 60.7 Å². The number of benzene rings is 3. The Labute approximate surface area is 276 Å². The summed E-state index contributed by atoms with van der Waals surface area (Å²) in [6.07, 6.45) is 0.986. The van der Waals surface area contributed by atoms with Gasteiger partial charge in [-0.3, -0.25) is 9.59 Å². The van der Waals surface area contributed by atoms with Crippen molar-refractivity contribution in [3.8, 4) is 0 Å². The molecule has 0 saturated carbocycles. The lowest BCUT2D eigenvalue weighted by atomic mass is 9.91. The van der Waals surface area contributed by atoms with E-state index >= 15 is 0 Å². The largest absolute Gasteiger partial charge is 0.445 e. The molecule has 0 radical (unpaired) electrons. The van der Waals surface area contributed by atoms with Gasteiger partial charge in [0, 0.05) is 29.6 Å². The van der Waals surface area contributed by atoms with Gasteiger partial charge in [0.25, 0.3) is 5.91 Å². The number of aliphatic hydroxyl groups excluding tert-OH is 1. The summed E-state index contributed by atoms with van der Waals surface area (Å²) in [5.41, 5.74) is 3.50. The molecule has 2 fully saturated rings. The maximum absolute atomic E-state index is 13.4. The van der Waals surface area contributed by atoms with E-state index in [-0.39, 0.29) is 37.8 Å². The van der Waals surface area contributed by atoms with Crippen molar-refractivity contribution in [3.05, 3.63) is 120 Å². The molecule has 2 N–H and O–H groups in total. The van der Waals surface area contributed by atoms with Gasteiger partial charge in [0.05, 0.1) is 30.9 Å². The Balaban J connectivity index is 1.18. The summed E-state index contributed by atoms with van der Waals surface area (Å²) in [5, 5.41) is 12.7. The van der Waals surface area contributed by atoms with E-state index in [1.54, 1.807) is 36.7 Å². The van der Waals surface area contributed by atoms with Crippen molar-refractivity contribution in [2.45, 2.75) is 56.3 Å². The van der Waals surface area contributed by atoms with Crippen LogP contribution >= 0.6 is 11.8 Å². The number of alkyl carbamates (subject to hydrolysis) is 1. The van der Waals surface area contributed by atoms with Crippen LogP contribution in [-0.4, -0.2) is 50.9 Å². The summed E-state index contributed by atoms with van der Waals surface area (Å²) in [7, 11) is 0. The van der Waals surface area contributed by atoms with Gasteiger partial charge in [-0.1, -0.05) is 85.4 Å². The van der Waals surface area contributed by atoms with Gasteiger partial charge in [0.2, 0.25) is 5.91 Å². The van der Waals surface area contributed by atoms with Gasteiger partial charge in [-0.05, 0) is 34.9 Å². The normalized spacial score (nSPS) is 22.7. The molecule has 0 spiro atoms. The Kier molecular flexibility index (Phi) is 10.2. The molecule has 242 valence electrons. The van der Waals surface area contributed by atoms with Crippen molar-refractivity contribution < 1.29 is 33.7 Å². The van der Waals surface area contributed by atoms with Crippen LogP contribution < -0.4 is 10.2 Å². The van der Waals surface area contributed by atoms with Crippen molar-refractivity contribution >= 4 is 35.4 Å². The van der Waals surface area contributed by atoms with Crippen LogP contribution in [0.2, 0.25) is 0 Å². The standard InChI is InChI=1S/C35H34N4O7S/c1-22-29(21-47-34-36-15-6-16-37-34)45-33(46-31(22)25-13-11-23(19-40)12-14-25)26-9-5-10-27(17-26)39-30(41)18-28(32(39)42)38-35(43)44-20-24-7-3-2-4-8-24/h2-17,22,28-29,31,33,40H,18-21H2,1H3,(H,38,43)/t22-,28?,29+,31+,33+/m1/s1. The topological polar surface area (TPSA) is 140 Å². The zero-order chi connectivity index (χ0) is 32.8. The molecule has 47 heavy (non-hydrogen) atoms. The highest BCUT2D eigenvalue weighted by atomic mass is 32.2. The third-order valence-electron chi connectivity index (χ3n) is 8.09. The number of ether oxygens (including phenoxy) is 3. The fourth-order valence-electron chi connectivity index (χ4n) is 5.56. The lowest BCUT2D eigenvalue weighted by Crippen LogP contribution is -2.42. The summed E-state index contributed by atoms with van der Waals surface area (Å²) >= 11 is 1.48. The molecule has 3 amide bonds. The van der Waals surface area contributed by atoms with Crippen LogP contribution in [0.5, 0.6) is 0 Å². The SMILES string of the molecule is C[C@@H]1[C@H](CSc2ncccn2)O[C@H](c2cccc(N3C(=O)CC(NC(=O)OCc4ccccc4)C3=O)c2)O[C@@H]1c1ccc(CO)cc1. The summed E-state index contributed by atoms with van der Waals surface area (Å²) in [6, 6.07) is 24.4. The first-order chi connectivity index (χ1) is 22.9. The van der Waals surface area contributed by atoms with Crippen LogP contribution in [0.4, 0.5) is 10.5 Å². The van der Waals surface area contributed by atoms with Gasteiger partial charge in [0.1, 0.15) is 12.6 Å². The second kappa shape index (κ2) is 14.9. The molecular weight excluding hydrogens is 620 g/mol. The van der Waals surface area contributed by atoms with Gasteiger partial charge in [-0.2, -0.15) is 0 Å². The quantitative estimate of drug-likeness (QED) is 0.135. The van der Waals surface area contributed by atoms with E-state index in [0.717, 1.165) is 21.6 Å². The first-order valence-corrected chi connectivity index (χ1v) is 16.2. The number of aliphatic hydroxyl groups is 1. The highest BCUT2D eigenvalue weighted by molar-refractivity contribution is 7.99. The molecular formula is C35H34N4O7S. The number of anilines is 1. The minimum Gasteiger partial charge on any atom is -0.445 e. The van der Waals surface area contributed by atoms with Gasteiger partial charge in [-0.15, -0.1) is 0 Å². The number of hydrogen-bond acceptors (Lipinski definition) is 10. The molecule has 1 aromatic heterocycles. The molecule has 2 aliphatic heterocycles. The molecule has 3 aromatic carbocycles. The Morgan fingerprint density at radius 2 is 1.72 bits per heavy atom. The zero-order valence-electron chi connectivity index (χ0n) is 25.6. The average Bonchev–Trinajstić information content (AvgIpc) is 3.39. The van der Waals surface area contributed by atoms with Crippen molar-refractivity contribution in [1.29, 1.82) is 0 Å². The highest BCUT2D eigenvalue weighted by Crippen LogP contribution is 2.43. The molecule has 11 nitrogen and oxygen atoms in total. The molecule has 3 heterocycles. The number of rotatable bonds is 10. The van der Waals surface area contributed by atoms with E-state index in [0.29, 0.717) is 22.2 Å². The number of imide groups is 1. The Morgan fingerprint density at radius 3 is 2.47 bits per heavy atom. The van der Waals surface area contributed by atoms with Crippen molar-refractivity contribution in [2.24, 2.45) is 5.92 Å². The van der Waals surface area contributed by atoms with E-state index in [9.17, 15) is 19.5 Å². The van der Waals surface area contributed by atoms with Crippen molar-refractivity contribution in [1.82, 2.24) is 15.3 Å². The zero-order valence-corrected chi connectivity index (χ0v) is 26.4. The Morgan fingerprint density at radius 1 is 0.957 bits per heavy atom. The Bertz CT molecular complexity index is 1690. The minimum absolute atomic E-state index is 0.0394. The first-order valence-electron chi connectivity index (χ1n) is 15.2. The summed E-state index contributed by atoms with van der Waals surface area (Å²) < 4.78 is 18.3. The minimum atomic E-state index is -1.05. The van der Waals surface area contributed by atoms with Gasteiger partial charge in [0.15, 0.2) is 11.4 Å². The van der Waals surface area contributed by atoms with Crippen LogP contribution in [0, 0.1) is 5.92 Å². The molecule has 5 atom stereocenters. The van der Waals surface area contributed by atoms with Crippen molar-refractivity contribution in [2.75, 3.05) is 10.7 Å². The van der Waals surface area contributed by atoms with Crippen LogP contribution in [0.1, 0.15) is 48.0 Å². The number of carbonyl (C=O) groups excluding carboxylic acids is 3. The lowest BCUT2D eigenvalue weighted by Gasteiger charge is -2.41. The monoisotopic (exact) mass is 654 g/mol. The molecule has 4 aromatic rings. The summed E-state index contributed by atoms with van der Waals surface area (Å²) in [5.74, 6) is -0.492. The summed E-state index contributed by atoms with van der Waals surface area (Å²) in [4.78, 5) is 48.6. The van der Waals surface area contributed by atoms with Gasteiger partial charge < -0.3 is 24.6 Å². The van der Waals surface area contributed by atoms with E-state index in [4.69, 9.17) is 14.2 Å². The third kappa shape index (κ3) is 7.68. The lowest BCUT2D eigenvalue weighted by molar-refractivity contribution is -0.268. The summed E-state index contributed by atoms with van der Waals surface area (Å²) in [6.45, 7) is 2.04. The maximum atomic E-state index is 13.4. The van der Waals surface area contributed by atoms with E-state index in [2.05, 4.69) is 22.2 Å². The molecule has 2 saturated heterocycles. The van der Waals surface area contributed by atoms with E-state index in [1.165, 1.54) is 11.8 Å². The first kappa shape index (κ1) is 32.3. The number of carbonyl (C=O) groups is 3. The van der Waals surface area contributed by atoms with Crippen molar-refractivity contribution in [3.63, 3.8) is 0 Å². The average molecular weight is 655 g/mol. The second-order valence-corrected chi connectivity index (χ2v) is 12.3. The number of nitrogens with one attached hydrogen (secondary N) is 1. The van der Waals surface area contributed by atoms with E-state index < -0.39 is 30.2 Å². The number of thioether (sulfide) groups is 1. The maximum Gasteiger partial charge on any atom is 0.408 e. The predicted octanol–water partition coefficient (Wildman–Crippen LogP) is 5.11. The second-order valence-electron chi connectivity index (χ2n) is 11.3. The van der Waals surface area contributed by atoms with Crippen LogP contribution in [0.3, 0.4) is 0 Å². The van der Waals surface area contributed by atoms with Crippen LogP contribution in [-0.2, 0) is 37.0 Å². The molecule has 12 heteroatoms. The fraction of sp³-hybridized carbons (Fsp3) is 0.286. The molecule has 6 rings (SSSR count). The number of hydrogen-bond donors (Lipinski definition) is 2. The van der Waals surface area contributed by atoms with Crippen LogP contribution in [0.25, 0.3) is 0 Å². The predicted molar refractivity (Wildman–Crippen MR) is 173 cm³/mol. The number of nitrogens with zero attached hydrogens (tertiary/aromatic N) is 3. The number of amides is 3. The van der Waals surface area contributed by atoms with Gasteiger partial charge >= 0.3 is 6.09 Å². The fourth-order valence-corrected chi connectivity index (χ4v) is 6.53. The molecule has 0 aliphatic carbocycles. The third-order valence-corrected chi connectivity index (χ3v) is 9.06. The molecule has 1 unspecified atom stereocenters. The number of aromatic nitrogens is 2. The molecule has 2 aliphatic rings. The molecule has 0 bridgehead atoms. The smallest absolute Gasteiger partial charge is 0.408 e. The highest BCUT2D eigenvalue weighted by Gasteiger charge is 2.42. The van der Waals surface area contributed by atoms with Crippen LogP contribution in [0.15, 0.2) is 102 Å². The Hall–Kier alpha value is -4.62. The van der Waals surface area contributed by atoms with Gasteiger partial charge in [-0.25, -0.2) is 19.7 Å².